The molecule has 0 fully saturated rings. The number of benzene rings is 2. The van der Waals surface area contributed by atoms with Gasteiger partial charge in [-0.3, -0.25) is 4.79 Å². The quantitative estimate of drug-likeness (QED) is 0.595. The van der Waals surface area contributed by atoms with Gasteiger partial charge in [-0.2, -0.15) is 0 Å². The van der Waals surface area contributed by atoms with Crippen molar-refractivity contribution >= 4 is 17.2 Å². The number of aryl methyl sites for hydroxylation is 1. The number of ether oxygens (including phenoxy) is 2. The number of thiazole rings is 1. The molecule has 0 radical (unpaired) electrons. The molecule has 3 rings (SSSR count). The highest BCUT2D eigenvalue weighted by molar-refractivity contribution is 7.09. The molecule has 6 heteroatoms. The summed E-state index contributed by atoms with van der Waals surface area (Å²) in [5.74, 6) is 1.62. The third kappa shape index (κ3) is 5.82. The first kappa shape index (κ1) is 19.9. The van der Waals surface area contributed by atoms with Crippen LogP contribution in [-0.2, 0) is 24.2 Å². The van der Waals surface area contributed by atoms with Crippen LogP contribution in [0.25, 0.3) is 0 Å². The monoisotopic (exact) mass is 396 g/mol. The highest BCUT2D eigenvalue weighted by Crippen LogP contribution is 2.18. The molecule has 1 amide bonds. The molecule has 0 bridgehead atoms. The maximum atomic E-state index is 12.2. The van der Waals surface area contributed by atoms with Gasteiger partial charge in [0.2, 0.25) is 5.91 Å². The van der Waals surface area contributed by atoms with Gasteiger partial charge < -0.3 is 14.8 Å². The predicted octanol–water partition coefficient (Wildman–Crippen LogP) is 3.94. The van der Waals surface area contributed by atoms with E-state index in [1.807, 2.05) is 60.8 Å². The van der Waals surface area contributed by atoms with Gasteiger partial charge in [0.05, 0.1) is 19.2 Å². The number of nitrogens with one attached hydrogen (secondary N) is 1. The Morgan fingerprint density at radius 3 is 2.71 bits per heavy atom. The van der Waals surface area contributed by atoms with E-state index < -0.39 is 0 Å². The lowest BCUT2D eigenvalue weighted by Gasteiger charge is -2.08. The van der Waals surface area contributed by atoms with Gasteiger partial charge in [-0.25, -0.2) is 4.98 Å². The Morgan fingerprint density at radius 2 is 1.93 bits per heavy atom. The summed E-state index contributed by atoms with van der Waals surface area (Å²) in [5.41, 5.74) is 3.04. The second-order valence-electron chi connectivity index (χ2n) is 6.42. The minimum atomic E-state index is -0.0359. The number of amides is 1. The number of methoxy groups -OCH3 is 1. The fourth-order valence-electron chi connectivity index (χ4n) is 2.75. The Hall–Kier alpha value is -2.86. The third-order valence-electron chi connectivity index (χ3n) is 4.23. The standard InChI is InChI=1S/C22H24N2O3S/c1-16-7-9-19(10-8-16)27-14-22-24-18(15-28-22)13-21(25)23-12-11-17-5-3-4-6-20(17)26-2/h3-10,15H,11-14H2,1-2H3,(H,23,25). The highest BCUT2D eigenvalue weighted by atomic mass is 32.1. The molecule has 0 atom stereocenters. The molecular formula is C22H24N2O3S. The van der Waals surface area contributed by atoms with Crippen LogP contribution >= 0.6 is 11.3 Å². The summed E-state index contributed by atoms with van der Waals surface area (Å²) >= 11 is 1.51. The molecule has 0 saturated carbocycles. The SMILES string of the molecule is COc1ccccc1CCNC(=O)Cc1csc(COc2ccc(C)cc2)n1. The molecule has 1 heterocycles. The first-order chi connectivity index (χ1) is 13.6. The average molecular weight is 397 g/mol. The van der Waals surface area contributed by atoms with Gasteiger partial charge in [-0.1, -0.05) is 35.9 Å². The molecule has 0 aliphatic heterocycles. The number of carbonyl (C=O) groups is 1. The predicted molar refractivity (Wildman–Crippen MR) is 111 cm³/mol. The van der Waals surface area contributed by atoms with Crippen LogP contribution < -0.4 is 14.8 Å². The van der Waals surface area contributed by atoms with Crippen molar-refractivity contribution in [1.29, 1.82) is 0 Å². The molecule has 1 N–H and O–H groups in total. The molecule has 3 aromatic rings. The van der Waals surface area contributed by atoms with E-state index in [0.29, 0.717) is 13.2 Å². The first-order valence-electron chi connectivity index (χ1n) is 9.15. The largest absolute Gasteiger partial charge is 0.496 e. The van der Waals surface area contributed by atoms with E-state index in [-0.39, 0.29) is 12.3 Å². The minimum absolute atomic E-state index is 0.0359. The summed E-state index contributed by atoms with van der Waals surface area (Å²) in [6, 6.07) is 15.7. The van der Waals surface area contributed by atoms with E-state index in [9.17, 15) is 4.79 Å². The van der Waals surface area contributed by atoms with Gasteiger partial charge in [-0.15, -0.1) is 11.3 Å². The van der Waals surface area contributed by atoms with Gasteiger partial charge >= 0.3 is 0 Å². The maximum absolute atomic E-state index is 12.2. The van der Waals surface area contributed by atoms with Crippen molar-refractivity contribution in [2.75, 3.05) is 13.7 Å². The van der Waals surface area contributed by atoms with E-state index in [2.05, 4.69) is 10.3 Å². The Balaban J connectivity index is 1.42. The van der Waals surface area contributed by atoms with E-state index >= 15 is 0 Å². The molecule has 0 aliphatic carbocycles. The normalized spacial score (nSPS) is 10.5. The Kier molecular flexibility index (Phi) is 7.03. The number of hydrogen-bond donors (Lipinski definition) is 1. The van der Waals surface area contributed by atoms with Crippen molar-refractivity contribution in [2.45, 2.75) is 26.4 Å². The van der Waals surface area contributed by atoms with Crippen LogP contribution in [0, 0.1) is 6.92 Å². The highest BCUT2D eigenvalue weighted by Gasteiger charge is 2.09. The maximum Gasteiger partial charge on any atom is 0.226 e. The summed E-state index contributed by atoms with van der Waals surface area (Å²) in [6.07, 6.45) is 0.995. The second-order valence-corrected chi connectivity index (χ2v) is 7.37. The summed E-state index contributed by atoms with van der Waals surface area (Å²) in [4.78, 5) is 16.7. The fraction of sp³-hybridized carbons (Fsp3) is 0.273. The van der Waals surface area contributed by atoms with Crippen molar-refractivity contribution in [3.63, 3.8) is 0 Å². The third-order valence-corrected chi connectivity index (χ3v) is 5.10. The van der Waals surface area contributed by atoms with E-state index in [1.165, 1.54) is 16.9 Å². The summed E-state index contributed by atoms with van der Waals surface area (Å²) in [5, 5.41) is 5.71. The van der Waals surface area contributed by atoms with Gasteiger partial charge in [0, 0.05) is 11.9 Å². The fourth-order valence-corrected chi connectivity index (χ4v) is 3.45. The molecule has 0 unspecified atom stereocenters. The topological polar surface area (TPSA) is 60.5 Å². The van der Waals surface area contributed by atoms with Crippen LogP contribution in [0.5, 0.6) is 11.5 Å². The van der Waals surface area contributed by atoms with Crippen LogP contribution in [0.3, 0.4) is 0 Å². The van der Waals surface area contributed by atoms with Crippen LogP contribution in [0.1, 0.15) is 21.8 Å². The number of carbonyl (C=O) groups excluding carboxylic acids is 1. The van der Waals surface area contributed by atoms with Crippen molar-refractivity contribution in [1.82, 2.24) is 10.3 Å². The van der Waals surface area contributed by atoms with E-state index in [4.69, 9.17) is 9.47 Å². The number of para-hydroxylation sites is 1. The summed E-state index contributed by atoms with van der Waals surface area (Å²) < 4.78 is 11.1. The number of aromatic nitrogens is 1. The molecule has 1 aromatic heterocycles. The molecule has 2 aromatic carbocycles. The Labute approximate surface area is 169 Å². The lowest BCUT2D eigenvalue weighted by molar-refractivity contribution is -0.120. The van der Waals surface area contributed by atoms with E-state index in [0.717, 1.165) is 34.2 Å². The molecule has 28 heavy (non-hydrogen) atoms. The number of hydrogen-bond acceptors (Lipinski definition) is 5. The minimum Gasteiger partial charge on any atom is -0.496 e. The molecule has 0 spiro atoms. The van der Waals surface area contributed by atoms with Gasteiger partial charge in [0.15, 0.2) is 0 Å². The van der Waals surface area contributed by atoms with Gasteiger partial charge in [-0.05, 0) is 37.1 Å². The molecule has 0 aliphatic rings. The first-order valence-corrected chi connectivity index (χ1v) is 10.0. The zero-order valence-corrected chi connectivity index (χ0v) is 16.9. The van der Waals surface area contributed by atoms with Crippen LogP contribution in [0.2, 0.25) is 0 Å². The number of nitrogens with zero attached hydrogens (tertiary/aromatic N) is 1. The van der Waals surface area contributed by atoms with E-state index in [1.54, 1.807) is 7.11 Å². The summed E-state index contributed by atoms with van der Waals surface area (Å²) in [6.45, 7) is 3.01. The molecule has 0 saturated heterocycles. The van der Waals surface area contributed by atoms with Crippen LogP contribution in [-0.4, -0.2) is 24.5 Å². The molecule has 146 valence electrons. The zero-order chi connectivity index (χ0) is 19.8. The Bertz CT molecular complexity index is 906. The molecular weight excluding hydrogens is 372 g/mol. The number of rotatable bonds is 9. The van der Waals surface area contributed by atoms with Gasteiger partial charge in [0.1, 0.15) is 23.1 Å². The lowest BCUT2D eigenvalue weighted by Crippen LogP contribution is -2.27. The zero-order valence-electron chi connectivity index (χ0n) is 16.1. The van der Waals surface area contributed by atoms with Gasteiger partial charge in [0.25, 0.3) is 0 Å². The smallest absolute Gasteiger partial charge is 0.226 e. The molecule has 5 nitrogen and oxygen atoms in total. The Morgan fingerprint density at radius 1 is 1.14 bits per heavy atom. The lowest BCUT2D eigenvalue weighted by atomic mass is 10.1. The summed E-state index contributed by atoms with van der Waals surface area (Å²) in [7, 11) is 1.65. The second kappa shape index (κ2) is 9.90. The van der Waals surface area contributed by atoms with Crippen LogP contribution in [0.4, 0.5) is 0 Å². The van der Waals surface area contributed by atoms with Crippen molar-refractivity contribution in [2.24, 2.45) is 0 Å². The van der Waals surface area contributed by atoms with Crippen molar-refractivity contribution in [3.05, 3.63) is 75.7 Å². The van der Waals surface area contributed by atoms with Crippen molar-refractivity contribution < 1.29 is 14.3 Å². The van der Waals surface area contributed by atoms with Crippen LogP contribution in [0.15, 0.2) is 53.9 Å². The van der Waals surface area contributed by atoms with Crippen molar-refractivity contribution in [3.8, 4) is 11.5 Å². The average Bonchev–Trinajstić information content (AvgIpc) is 3.15.